The number of halogens is 2. The van der Waals surface area contributed by atoms with Crippen molar-refractivity contribution in [3.05, 3.63) is 26.3 Å². The maximum Gasteiger partial charge on any atom is 0.151 e. The van der Waals surface area contributed by atoms with Crippen LogP contribution in [0.1, 0.15) is 5.56 Å². The minimum Gasteiger partial charge on any atom is -0.505 e. The van der Waals surface area contributed by atoms with E-state index in [0.717, 1.165) is 3.57 Å². The van der Waals surface area contributed by atoms with Crippen LogP contribution >= 0.6 is 34.2 Å². The number of nitrogens with zero attached hydrogens (tertiary/aromatic N) is 1. The molecule has 1 N–H and O–H groups in total. The molecule has 1 aromatic carbocycles. The molecule has 0 aromatic heterocycles. The molecule has 4 heteroatoms. The summed E-state index contributed by atoms with van der Waals surface area (Å²) in [5.41, 5.74) is 0.210. The van der Waals surface area contributed by atoms with Gasteiger partial charge in [-0.05, 0) is 34.7 Å². The van der Waals surface area contributed by atoms with Crippen LogP contribution in [0, 0.1) is 14.9 Å². The minimum absolute atomic E-state index is 0.144. The maximum absolute atomic E-state index is 9.16. The SMILES string of the molecule is N#Cc1cc(I)cc(Cl)c1O. The Balaban J connectivity index is 3.39. The van der Waals surface area contributed by atoms with E-state index in [4.69, 9.17) is 22.0 Å². The van der Waals surface area contributed by atoms with E-state index in [0.29, 0.717) is 0 Å². The highest BCUT2D eigenvalue weighted by Crippen LogP contribution is 2.28. The van der Waals surface area contributed by atoms with Crippen LogP contribution in [-0.4, -0.2) is 5.11 Å². The highest BCUT2D eigenvalue weighted by Gasteiger charge is 2.05. The van der Waals surface area contributed by atoms with Crippen LogP contribution in [0.3, 0.4) is 0 Å². The molecule has 0 unspecified atom stereocenters. The van der Waals surface area contributed by atoms with E-state index in [1.165, 1.54) is 0 Å². The van der Waals surface area contributed by atoms with E-state index >= 15 is 0 Å². The summed E-state index contributed by atoms with van der Waals surface area (Å²) in [6, 6.07) is 5.00. The largest absolute Gasteiger partial charge is 0.505 e. The predicted octanol–water partition coefficient (Wildman–Crippen LogP) is 2.52. The molecule has 0 fully saturated rings. The molecule has 1 rings (SSSR count). The lowest BCUT2D eigenvalue weighted by atomic mass is 10.2. The zero-order valence-electron chi connectivity index (χ0n) is 5.31. The topological polar surface area (TPSA) is 44.0 Å². The van der Waals surface area contributed by atoms with Crippen molar-refractivity contribution in [1.82, 2.24) is 0 Å². The summed E-state index contributed by atoms with van der Waals surface area (Å²) in [7, 11) is 0. The van der Waals surface area contributed by atoms with Crippen molar-refractivity contribution in [1.29, 1.82) is 5.26 Å². The molecular weight excluding hydrogens is 276 g/mol. The van der Waals surface area contributed by atoms with E-state index in [2.05, 4.69) is 0 Å². The number of hydrogen-bond acceptors (Lipinski definition) is 2. The van der Waals surface area contributed by atoms with Crippen molar-refractivity contribution in [2.24, 2.45) is 0 Å². The summed E-state index contributed by atoms with van der Waals surface area (Å²) < 4.78 is 0.835. The van der Waals surface area contributed by atoms with Crippen molar-refractivity contribution in [3.8, 4) is 11.8 Å². The molecule has 0 atom stereocenters. The van der Waals surface area contributed by atoms with Crippen molar-refractivity contribution >= 4 is 34.2 Å². The Morgan fingerprint density at radius 2 is 2.18 bits per heavy atom. The van der Waals surface area contributed by atoms with Crippen LogP contribution in [0.15, 0.2) is 12.1 Å². The van der Waals surface area contributed by atoms with Crippen molar-refractivity contribution in [3.63, 3.8) is 0 Å². The highest BCUT2D eigenvalue weighted by atomic mass is 127. The van der Waals surface area contributed by atoms with Crippen molar-refractivity contribution < 1.29 is 5.11 Å². The lowest BCUT2D eigenvalue weighted by molar-refractivity contribution is 0.473. The molecule has 0 spiro atoms. The van der Waals surface area contributed by atoms with Crippen LogP contribution in [0.5, 0.6) is 5.75 Å². The smallest absolute Gasteiger partial charge is 0.151 e. The summed E-state index contributed by atoms with van der Waals surface area (Å²) >= 11 is 7.62. The number of aromatic hydroxyl groups is 1. The van der Waals surface area contributed by atoms with Crippen LogP contribution in [0.25, 0.3) is 0 Å². The molecule has 0 saturated carbocycles. The Morgan fingerprint density at radius 3 is 2.73 bits per heavy atom. The van der Waals surface area contributed by atoms with Gasteiger partial charge in [0, 0.05) is 3.57 Å². The molecule has 2 nitrogen and oxygen atoms in total. The number of phenolic OH excluding ortho intramolecular Hbond substituents is 1. The standard InChI is InChI=1S/C7H3ClINO/c8-6-2-5(9)1-4(3-10)7(6)11/h1-2,11H. The summed E-state index contributed by atoms with van der Waals surface area (Å²) in [5.74, 6) is -0.144. The lowest BCUT2D eigenvalue weighted by Crippen LogP contribution is -1.79. The number of nitriles is 1. The van der Waals surface area contributed by atoms with Gasteiger partial charge in [-0.3, -0.25) is 0 Å². The normalized spacial score (nSPS) is 9.18. The molecule has 0 heterocycles. The Bertz CT molecular complexity index is 332. The predicted molar refractivity (Wildman–Crippen MR) is 50.5 cm³/mol. The van der Waals surface area contributed by atoms with Gasteiger partial charge in [-0.25, -0.2) is 0 Å². The number of phenols is 1. The number of rotatable bonds is 0. The third kappa shape index (κ3) is 1.76. The van der Waals surface area contributed by atoms with E-state index in [1.54, 1.807) is 12.1 Å². The van der Waals surface area contributed by atoms with Crippen molar-refractivity contribution in [2.45, 2.75) is 0 Å². The Kier molecular flexibility index (Phi) is 2.58. The van der Waals surface area contributed by atoms with Gasteiger partial charge >= 0.3 is 0 Å². The summed E-state index contributed by atoms with van der Waals surface area (Å²) in [4.78, 5) is 0. The van der Waals surface area contributed by atoms with Gasteiger partial charge in [0.15, 0.2) is 5.75 Å². The van der Waals surface area contributed by atoms with Gasteiger partial charge in [-0.15, -0.1) is 0 Å². The molecule has 1 aromatic rings. The quantitative estimate of drug-likeness (QED) is 0.742. The first-order valence-electron chi connectivity index (χ1n) is 2.73. The molecular formula is C7H3ClINO. The fraction of sp³-hybridized carbons (Fsp3) is 0. The summed E-state index contributed by atoms with van der Waals surface area (Å²) in [5, 5.41) is 17.9. The molecule has 0 saturated heterocycles. The molecule has 0 radical (unpaired) electrons. The van der Waals surface area contributed by atoms with Crippen LogP contribution < -0.4 is 0 Å². The first-order valence-corrected chi connectivity index (χ1v) is 4.19. The molecule has 0 amide bonds. The zero-order chi connectivity index (χ0) is 8.43. The first kappa shape index (κ1) is 8.62. The molecule has 0 aliphatic heterocycles. The Morgan fingerprint density at radius 1 is 1.55 bits per heavy atom. The van der Waals surface area contributed by atoms with Crippen molar-refractivity contribution in [2.75, 3.05) is 0 Å². The Labute approximate surface area is 82.5 Å². The van der Waals surface area contributed by atoms with Crippen LogP contribution in [0.2, 0.25) is 5.02 Å². The summed E-state index contributed by atoms with van der Waals surface area (Å²) in [6.45, 7) is 0. The monoisotopic (exact) mass is 279 g/mol. The average molecular weight is 279 g/mol. The highest BCUT2D eigenvalue weighted by molar-refractivity contribution is 14.1. The average Bonchev–Trinajstić information content (AvgIpc) is 1.96. The van der Waals surface area contributed by atoms with Gasteiger partial charge in [0.25, 0.3) is 0 Å². The number of hydrogen-bond donors (Lipinski definition) is 1. The van der Waals surface area contributed by atoms with Gasteiger partial charge in [0.1, 0.15) is 6.07 Å². The molecule has 11 heavy (non-hydrogen) atoms. The second kappa shape index (κ2) is 3.28. The van der Waals surface area contributed by atoms with Crippen LogP contribution in [0.4, 0.5) is 0 Å². The van der Waals surface area contributed by atoms with Gasteiger partial charge in [-0.1, -0.05) is 11.6 Å². The second-order valence-corrected chi connectivity index (χ2v) is 3.55. The maximum atomic E-state index is 9.16. The van der Waals surface area contributed by atoms with E-state index < -0.39 is 0 Å². The van der Waals surface area contributed by atoms with Gasteiger partial charge in [0.05, 0.1) is 10.6 Å². The van der Waals surface area contributed by atoms with E-state index in [9.17, 15) is 0 Å². The summed E-state index contributed by atoms with van der Waals surface area (Å²) in [6.07, 6.45) is 0. The van der Waals surface area contributed by atoms with E-state index in [-0.39, 0.29) is 16.3 Å². The molecule has 0 aliphatic rings. The lowest BCUT2D eigenvalue weighted by Gasteiger charge is -1.98. The molecule has 0 aliphatic carbocycles. The fourth-order valence-electron chi connectivity index (χ4n) is 0.651. The van der Waals surface area contributed by atoms with Gasteiger partial charge < -0.3 is 5.11 Å². The number of benzene rings is 1. The third-order valence-corrected chi connectivity index (χ3v) is 2.06. The molecule has 56 valence electrons. The zero-order valence-corrected chi connectivity index (χ0v) is 8.22. The van der Waals surface area contributed by atoms with Gasteiger partial charge in [0.2, 0.25) is 0 Å². The van der Waals surface area contributed by atoms with Crippen LogP contribution in [-0.2, 0) is 0 Å². The third-order valence-electron chi connectivity index (χ3n) is 1.15. The van der Waals surface area contributed by atoms with Gasteiger partial charge in [-0.2, -0.15) is 5.26 Å². The first-order chi connectivity index (χ1) is 5.15. The molecule has 0 bridgehead atoms. The van der Waals surface area contributed by atoms with E-state index in [1.807, 2.05) is 28.7 Å². The second-order valence-electron chi connectivity index (χ2n) is 1.90. The Hall–Kier alpha value is -0.470. The fourth-order valence-corrected chi connectivity index (χ4v) is 1.68. The minimum atomic E-state index is -0.144.